The summed E-state index contributed by atoms with van der Waals surface area (Å²) in [7, 11) is 2.90. The van der Waals surface area contributed by atoms with Crippen molar-refractivity contribution in [3.63, 3.8) is 0 Å². The highest BCUT2D eigenvalue weighted by Gasteiger charge is 2.78. The Morgan fingerprint density at radius 1 is 1.11 bits per heavy atom. The highest BCUT2D eigenvalue weighted by Crippen LogP contribution is 2.72. The van der Waals surface area contributed by atoms with E-state index in [2.05, 4.69) is 0 Å². The lowest BCUT2D eigenvalue weighted by Crippen LogP contribution is -2.70. The number of alkyl halides is 2. The number of ketones is 2. The van der Waals surface area contributed by atoms with Crippen LogP contribution in [0.3, 0.4) is 0 Å². The van der Waals surface area contributed by atoms with Crippen molar-refractivity contribution in [1.29, 1.82) is 0 Å². The van der Waals surface area contributed by atoms with E-state index in [1.165, 1.54) is 33.3 Å². The highest BCUT2D eigenvalue weighted by molar-refractivity contribution is 8.14. The van der Waals surface area contributed by atoms with Crippen LogP contribution in [-0.2, 0) is 19.1 Å². The molecular weight excluding hydrogens is 606 g/mol. The van der Waals surface area contributed by atoms with Crippen LogP contribution >= 0.6 is 11.8 Å². The van der Waals surface area contributed by atoms with Gasteiger partial charge in [0.15, 0.2) is 22.8 Å². The minimum atomic E-state index is -2.34. The zero-order valence-corrected chi connectivity index (χ0v) is 27.2. The Balaban J connectivity index is 1.52. The summed E-state index contributed by atoms with van der Waals surface area (Å²) in [5.41, 5.74) is -6.78. The number of fused-ring (bicyclic) bond motifs is 5. The molecule has 3 saturated carbocycles. The quantitative estimate of drug-likeness (QED) is 0.293. The van der Waals surface area contributed by atoms with Gasteiger partial charge in [-0.25, -0.2) is 8.78 Å². The Hall–Kier alpha value is -3.05. The third-order valence-electron chi connectivity index (χ3n) is 11.1. The van der Waals surface area contributed by atoms with Crippen LogP contribution in [0.5, 0.6) is 11.5 Å². The molecule has 244 valence electrons. The second-order valence-corrected chi connectivity index (χ2v) is 14.1. The van der Waals surface area contributed by atoms with Crippen molar-refractivity contribution in [1.82, 2.24) is 0 Å². The number of Topliss-reactive ketones (excluding diaryl/α,β-unsaturated/α-hetero) is 1. The average Bonchev–Trinajstić information content (AvgIpc) is 3.23. The number of carbonyl (C=O) groups is 4. The van der Waals surface area contributed by atoms with E-state index in [0.29, 0.717) is 17.5 Å². The van der Waals surface area contributed by atoms with E-state index < -0.39 is 74.8 Å². The van der Waals surface area contributed by atoms with Gasteiger partial charge < -0.3 is 19.3 Å². The van der Waals surface area contributed by atoms with Gasteiger partial charge in [0, 0.05) is 35.2 Å². The van der Waals surface area contributed by atoms with Crippen molar-refractivity contribution in [2.45, 2.75) is 76.9 Å². The second-order valence-electron chi connectivity index (χ2n) is 13.1. The summed E-state index contributed by atoms with van der Waals surface area (Å²) in [5.74, 6) is -3.36. The zero-order chi connectivity index (χ0) is 33.1. The van der Waals surface area contributed by atoms with E-state index in [1.54, 1.807) is 39.0 Å². The number of benzene rings is 1. The zero-order valence-electron chi connectivity index (χ0n) is 26.4. The highest BCUT2D eigenvalue weighted by atomic mass is 32.2. The molecule has 0 aromatic heterocycles. The first-order valence-corrected chi connectivity index (χ1v) is 16.2. The van der Waals surface area contributed by atoms with Gasteiger partial charge in [-0.1, -0.05) is 38.6 Å². The molecule has 45 heavy (non-hydrogen) atoms. The monoisotopic (exact) mass is 646 g/mol. The maximum atomic E-state index is 17.6. The van der Waals surface area contributed by atoms with E-state index in [1.807, 2.05) is 0 Å². The second kappa shape index (κ2) is 11.6. The molecule has 0 spiro atoms. The van der Waals surface area contributed by atoms with Crippen molar-refractivity contribution >= 4 is 34.4 Å². The normalized spacial score (nSPS) is 38.4. The number of thioether (sulfide) groups is 1. The number of aliphatic hydroxyl groups excluding tert-OH is 1. The summed E-state index contributed by atoms with van der Waals surface area (Å²) in [6.45, 7) is 6.55. The number of rotatable bonds is 8. The topological polar surface area (TPSA) is 116 Å². The smallest absolute Gasteiger partial charge is 0.306 e. The molecule has 9 atom stereocenters. The molecular formula is C34H40F2O8S. The lowest BCUT2D eigenvalue weighted by atomic mass is 9.44. The predicted molar refractivity (Wildman–Crippen MR) is 164 cm³/mol. The third kappa shape index (κ3) is 4.70. The largest absolute Gasteiger partial charge is 0.497 e. The summed E-state index contributed by atoms with van der Waals surface area (Å²) < 4.78 is 50.1. The Kier molecular flexibility index (Phi) is 8.61. The molecule has 4 aliphatic carbocycles. The van der Waals surface area contributed by atoms with Crippen LogP contribution in [0.1, 0.15) is 63.7 Å². The van der Waals surface area contributed by atoms with Crippen LogP contribution in [0.15, 0.2) is 42.0 Å². The number of methoxy groups -OCH3 is 2. The van der Waals surface area contributed by atoms with Crippen molar-refractivity contribution in [3.8, 4) is 11.5 Å². The van der Waals surface area contributed by atoms with E-state index in [4.69, 9.17) is 14.2 Å². The van der Waals surface area contributed by atoms with Crippen LogP contribution in [0, 0.1) is 28.6 Å². The lowest BCUT2D eigenvalue weighted by Gasteiger charge is -2.63. The summed E-state index contributed by atoms with van der Waals surface area (Å²) in [5, 5.41) is 11.1. The van der Waals surface area contributed by atoms with Gasteiger partial charge in [0.05, 0.1) is 31.6 Å². The van der Waals surface area contributed by atoms with E-state index in [0.717, 1.165) is 6.08 Å². The first-order chi connectivity index (χ1) is 21.1. The van der Waals surface area contributed by atoms with Crippen molar-refractivity contribution in [2.75, 3.05) is 20.0 Å². The molecule has 0 unspecified atom stereocenters. The Labute approximate surface area is 265 Å². The van der Waals surface area contributed by atoms with Gasteiger partial charge in [0.2, 0.25) is 5.12 Å². The van der Waals surface area contributed by atoms with Crippen LogP contribution < -0.4 is 9.47 Å². The summed E-state index contributed by atoms with van der Waals surface area (Å²) in [4.78, 5) is 52.8. The fourth-order valence-electron chi connectivity index (χ4n) is 8.81. The molecule has 5 rings (SSSR count). The molecule has 0 aliphatic heterocycles. The van der Waals surface area contributed by atoms with Crippen LogP contribution in [0.4, 0.5) is 8.78 Å². The summed E-state index contributed by atoms with van der Waals surface area (Å²) in [6, 6.07) is 4.70. The van der Waals surface area contributed by atoms with Crippen molar-refractivity contribution in [2.24, 2.45) is 28.6 Å². The number of hydrogen-bond acceptors (Lipinski definition) is 9. The van der Waals surface area contributed by atoms with Gasteiger partial charge in [-0.05, 0) is 62.0 Å². The van der Waals surface area contributed by atoms with E-state index in [9.17, 15) is 24.3 Å². The van der Waals surface area contributed by atoms with E-state index in [-0.39, 0.29) is 48.3 Å². The molecule has 0 radical (unpaired) electrons. The predicted octanol–water partition coefficient (Wildman–Crippen LogP) is 5.40. The molecule has 4 aliphatic rings. The number of ether oxygens (including phenoxy) is 3. The molecule has 1 aromatic carbocycles. The standard InChI is InChI=1S/C34H40F2O8S/c1-7-29(40)44-34(30(41)45-17-26(38)21-9-8-20(42-5)14-27(21)43-6)18(2)12-22-23-15-25(35)24-13-19(37)10-11-31(24,3)33(23,36)28(39)16-32(22,34)4/h8-11,13-14,18,22-23,25,28,39H,7,12,15-17H2,1-6H3/t18-,22+,23+,25+,28+,31+,32+,33+,34+/m1/s1. The fourth-order valence-corrected chi connectivity index (χ4v) is 9.92. The number of halogens is 2. The molecule has 8 nitrogen and oxygen atoms in total. The van der Waals surface area contributed by atoms with E-state index >= 15 is 8.78 Å². The minimum absolute atomic E-state index is 0.00484. The van der Waals surface area contributed by atoms with Crippen molar-refractivity contribution in [3.05, 3.63) is 47.6 Å². The van der Waals surface area contributed by atoms with Gasteiger partial charge >= 0.3 is 5.97 Å². The minimum Gasteiger partial charge on any atom is -0.497 e. The molecule has 3 fully saturated rings. The molecule has 0 bridgehead atoms. The van der Waals surface area contributed by atoms with Gasteiger partial charge in [0.25, 0.3) is 0 Å². The van der Waals surface area contributed by atoms with Gasteiger partial charge in [-0.2, -0.15) is 0 Å². The number of carbonyl (C=O) groups excluding carboxylic acids is 4. The summed E-state index contributed by atoms with van der Waals surface area (Å²) >= 11 is 0.703. The molecule has 0 amide bonds. The summed E-state index contributed by atoms with van der Waals surface area (Å²) in [6.07, 6.45) is 0.0336. The Bertz CT molecular complexity index is 1490. The maximum Gasteiger partial charge on any atom is 0.306 e. The Morgan fingerprint density at radius 2 is 1.82 bits per heavy atom. The Morgan fingerprint density at radius 3 is 2.47 bits per heavy atom. The number of esters is 1. The fraction of sp³-hybridized carbons (Fsp3) is 0.588. The number of hydrogen-bond donors (Lipinski definition) is 1. The first kappa shape index (κ1) is 33.3. The van der Waals surface area contributed by atoms with Gasteiger partial charge in [0.1, 0.15) is 17.7 Å². The molecule has 0 saturated heterocycles. The first-order valence-electron chi connectivity index (χ1n) is 15.2. The van der Waals surface area contributed by atoms with Crippen LogP contribution in [0.25, 0.3) is 0 Å². The van der Waals surface area contributed by atoms with Crippen LogP contribution in [0.2, 0.25) is 0 Å². The van der Waals surface area contributed by atoms with Gasteiger partial charge in [-0.15, -0.1) is 0 Å². The SMILES string of the molecule is CCC(=O)O[C@]1(C(=O)SCC(=O)c2ccc(OC)cc2OC)[C@H](C)C[C@H]2[C@@H]3C[C@H](F)C4=CC(=O)C=C[C@]4(C)[C@@]3(F)[C@@H](O)C[C@@]21C. The molecule has 1 aromatic rings. The van der Waals surface area contributed by atoms with Crippen molar-refractivity contribution < 1.29 is 47.3 Å². The lowest BCUT2D eigenvalue weighted by molar-refractivity contribution is -0.228. The number of aliphatic hydroxyl groups is 1. The maximum absolute atomic E-state index is 17.6. The molecule has 11 heteroatoms. The third-order valence-corrected chi connectivity index (χ3v) is 12.1. The molecule has 0 heterocycles. The van der Waals surface area contributed by atoms with Gasteiger partial charge in [-0.3, -0.25) is 19.2 Å². The average molecular weight is 647 g/mol. The molecule has 1 N–H and O–H groups in total. The van der Waals surface area contributed by atoms with Crippen LogP contribution in [-0.4, -0.2) is 71.3 Å². The number of allylic oxidation sites excluding steroid dienone is 4.